The number of nitrogens with two attached hydrogens (primary N) is 2. The zero-order chi connectivity index (χ0) is 20.0. The lowest BCUT2D eigenvalue weighted by molar-refractivity contribution is -0.137. The van der Waals surface area contributed by atoms with Crippen LogP contribution in [0.15, 0.2) is 59.3 Å². The Bertz CT molecular complexity index is 872. The van der Waals surface area contributed by atoms with E-state index in [4.69, 9.17) is 11.5 Å². The SMILES string of the molecule is C=C1C=C2CN(C)CCC2(N)C(C(=O)Nc2cccc(C(F)(F)F)c2)=C1N. The number of carbonyl (C=O) groups is 1. The number of allylic oxidation sites excluding steroid dienone is 1. The summed E-state index contributed by atoms with van der Waals surface area (Å²) in [5, 5.41) is 2.51. The highest BCUT2D eigenvalue weighted by molar-refractivity contribution is 6.07. The maximum absolute atomic E-state index is 12.9. The fourth-order valence-electron chi connectivity index (χ4n) is 3.48. The Morgan fingerprint density at radius 1 is 1.37 bits per heavy atom. The van der Waals surface area contributed by atoms with Crippen LogP contribution in [0.1, 0.15) is 12.0 Å². The van der Waals surface area contributed by atoms with Gasteiger partial charge >= 0.3 is 6.18 Å². The second kappa shape index (κ2) is 6.54. The third-order valence-electron chi connectivity index (χ3n) is 4.99. The highest BCUT2D eigenvalue weighted by Gasteiger charge is 2.44. The van der Waals surface area contributed by atoms with Crippen LogP contribution in [0, 0.1) is 0 Å². The van der Waals surface area contributed by atoms with Crippen molar-refractivity contribution in [1.82, 2.24) is 4.90 Å². The second-order valence-corrected chi connectivity index (χ2v) is 6.98. The lowest BCUT2D eigenvalue weighted by atomic mass is 9.72. The lowest BCUT2D eigenvalue weighted by Crippen LogP contribution is -2.57. The molecule has 1 aliphatic carbocycles. The predicted octanol–water partition coefficient (Wildman–Crippen LogP) is 2.39. The van der Waals surface area contributed by atoms with Crippen LogP contribution in [0.5, 0.6) is 0 Å². The molecule has 1 aliphatic heterocycles. The van der Waals surface area contributed by atoms with E-state index in [2.05, 4.69) is 16.8 Å². The summed E-state index contributed by atoms with van der Waals surface area (Å²) in [6.07, 6.45) is -2.25. The van der Waals surface area contributed by atoms with Crippen molar-refractivity contribution < 1.29 is 18.0 Å². The molecule has 8 heteroatoms. The molecule has 1 atom stereocenters. The molecule has 1 heterocycles. The van der Waals surface area contributed by atoms with Crippen LogP contribution in [0.4, 0.5) is 18.9 Å². The molecule has 0 aromatic heterocycles. The van der Waals surface area contributed by atoms with Crippen LogP contribution in [0.25, 0.3) is 0 Å². The Balaban J connectivity index is 1.94. The van der Waals surface area contributed by atoms with Gasteiger partial charge in [0.2, 0.25) is 0 Å². The van der Waals surface area contributed by atoms with Crippen LogP contribution >= 0.6 is 0 Å². The van der Waals surface area contributed by atoms with Gasteiger partial charge in [-0.1, -0.05) is 18.7 Å². The van der Waals surface area contributed by atoms with Crippen molar-refractivity contribution in [2.24, 2.45) is 11.5 Å². The van der Waals surface area contributed by atoms with Crippen molar-refractivity contribution in [3.8, 4) is 0 Å². The number of alkyl halides is 3. The maximum Gasteiger partial charge on any atom is 0.416 e. The molecule has 5 N–H and O–H groups in total. The zero-order valence-corrected chi connectivity index (χ0v) is 14.9. The van der Waals surface area contributed by atoms with Gasteiger partial charge in [-0.15, -0.1) is 0 Å². The summed E-state index contributed by atoms with van der Waals surface area (Å²) >= 11 is 0. The Kier molecular flexibility index (Phi) is 4.65. The van der Waals surface area contributed by atoms with E-state index < -0.39 is 23.2 Å². The predicted molar refractivity (Wildman–Crippen MR) is 97.5 cm³/mol. The first-order valence-corrected chi connectivity index (χ1v) is 8.39. The number of amides is 1. The molecular formula is C19H21F3N4O. The molecule has 1 fully saturated rings. The van der Waals surface area contributed by atoms with Gasteiger partial charge in [0.1, 0.15) is 0 Å². The minimum absolute atomic E-state index is 0.0216. The molecule has 1 unspecified atom stereocenters. The number of benzene rings is 1. The minimum Gasteiger partial charge on any atom is -0.398 e. The van der Waals surface area contributed by atoms with Crippen LogP contribution < -0.4 is 16.8 Å². The quantitative estimate of drug-likeness (QED) is 0.738. The van der Waals surface area contributed by atoms with Crippen LogP contribution in [-0.2, 0) is 11.0 Å². The first-order valence-electron chi connectivity index (χ1n) is 8.39. The fourth-order valence-corrected chi connectivity index (χ4v) is 3.48. The topological polar surface area (TPSA) is 84.4 Å². The van der Waals surface area contributed by atoms with E-state index >= 15 is 0 Å². The van der Waals surface area contributed by atoms with E-state index in [0.29, 0.717) is 25.1 Å². The summed E-state index contributed by atoms with van der Waals surface area (Å²) in [6.45, 7) is 5.09. The molecule has 0 bridgehead atoms. The van der Waals surface area contributed by atoms with Crippen LogP contribution in [0.3, 0.4) is 0 Å². The highest BCUT2D eigenvalue weighted by atomic mass is 19.4. The summed E-state index contributed by atoms with van der Waals surface area (Å²) in [4.78, 5) is 15.0. The Morgan fingerprint density at radius 3 is 2.74 bits per heavy atom. The smallest absolute Gasteiger partial charge is 0.398 e. The van der Waals surface area contributed by atoms with Gasteiger partial charge in [0.05, 0.1) is 16.7 Å². The summed E-state index contributed by atoms with van der Waals surface area (Å²) in [5.74, 6) is -0.620. The number of likely N-dealkylation sites (tertiary alicyclic amines) is 1. The number of piperidine rings is 1. The molecule has 1 aromatic carbocycles. The summed E-state index contributed by atoms with van der Waals surface area (Å²) in [7, 11) is 1.94. The van der Waals surface area contributed by atoms with Gasteiger partial charge in [-0.2, -0.15) is 13.2 Å². The lowest BCUT2D eigenvalue weighted by Gasteiger charge is -2.44. The van der Waals surface area contributed by atoms with Crippen molar-refractivity contribution in [2.45, 2.75) is 18.1 Å². The first kappa shape index (κ1) is 19.2. The molecule has 1 aromatic rings. The Hall–Kier alpha value is -2.58. The number of nitrogens with one attached hydrogen (secondary N) is 1. The summed E-state index contributed by atoms with van der Waals surface area (Å²) in [6, 6.07) is 4.43. The molecule has 2 aliphatic rings. The number of anilines is 1. The van der Waals surface area contributed by atoms with E-state index in [-0.39, 0.29) is 17.0 Å². The van der Waals surface area contributed by atoms with Gasteiger partial charge in [-0.05, 0) is 42.8 Å². The van der Waals surface area contributed by atoms with Crippen molar-refractivity contribution in [1.29, 1.82) is 0 Å². The number of halogens is 3. The minimum atomic E-state index is -4.50. The largest absolute Gasteiger partial charge is 0.416 e. The van der Waals surface area contributed by atoms with E-state index in [1.807, 2.05) is 7.05 Å². The number of likely N-dealkylation sites (N-methyl/N-ethyl adjacent to an activating group) is 1. The van der Waals surface area contributed by atoms with Gasteiger partial charge < -0.3 is 21.7 Å². The molecule has 1 saturated heterocycles. The van der Waals surface area contributed by atoms with Gasteiger partial charge in [-0.3, -0.25) is 4.79 Å². The number of nitrogens with zero attached hydrogens (tertiary/aromatic N) is 1. The first-order chi connectivity index (χ1) is 12.5. The molecule has 0 spiro atoms. The maximum atomic E-state index is 12.9. The van der Waals surface area contributed by atoms with E-state index in [0.717, 1.165) is 17.7 Å². The number of hydrogen-bond donors (Lipinski definition) is 3. The third kappa shape index (κ3) is 3.50. The van der Waals surface area contributed by atoms with Gasteiger partial charge in [0, 0.05) is 24.5 Å². The Morgan fingerprint density at radius 2 is 2.07 bits per heavy atom. The molecule has 144 valence electrons. The Labute approximate surface area is 155 Å². The number of carbonyl (C=O) groups excluding carboxylic acids is 1. The monoisotopic (exact) mass is 378 g/mol. The third-order valence-corrected chi connectivity index (χ3v) is 4.99. The summed E-state index contributed by atoms with van der Waals surface area (Å²) in [5.41, 5.74) is 12.4. The summed E-state index contributed by atoms with van der Waals surface area (Å²) < 4.78 is 38.7. The highest BCUT2D eigenvalue weighted by Crippen LogP contribution is 2.39. The molecule has 3 rings (SSSR count). The van der Waals surface area contributed by atoms with Gasteiger partial charge in [0.15, 0.2) is 0 Å². The molecule has 5 nitrogen and oxygen atoms in total. The fraction of sp³-hybridized carbons (Fsp3) is 0.316. The average Bonchev–Trinajstić information content (AvgIpc) is 2.57. The van der Waals surface area contributed by atoms with E-state index in [1.54, 1.807) is 6.08 Å². The van der Waals surface area contributed by atoms with Gasteiger partial charge in [0.25, 0.3) is 5.91 Å². The molecule has 0 saturated carbocycles. The van der Waals surface area contributed by atoms with E-state index in [9.17, 15) is 18.0 Å². The van der Waals surface area contributed by atoms with Crippen molar-refractivity contribution in [3.05, 3.63) is 64.9 Å². The van der Waals surface area contributed by atoms with E-state index in [1.165, 1.54) is 12.1 Å². The number of rotatable bonds is 2. The number of fused-ring (bicyclic) bond motifs is 1. The van der Waals surface area contributed by atoms with Crippen molar-refractivity contribution in [3.63, 3.8) is 0 Å². The van der Waals surface area contributed by atoms with Crippen LogP contribution in [0.2, 0.25) is 0 Å². The average molecular weight is 378 g/mol. The van der Waals surface area contributed by atoms with Crippen LogP contribution in [-0.4, -0.2) is 36.5 Å². The normalized spacial score (nSPS) is 23.7. The standard InChI is InChI=1S/C19H21F3N4O/c1-11-8-13-10-26(2)7-6-18(13,24)15(16(11)23)17(27)25-14-5-3-4-12(9-14)19(20,21)22/h3-5,8-9H,1,6-7,10,23-24H2,2H3,(H,25,27). The van der Waals surface area contributed by atoms with Crippen molar-refractivity contribution in [2.75, 3.05) is 25.5 Å². The second-order valence-electron chi connectivity index (χ2n) is 6.98. The molecule has 27 heavy (non-hydrogen) atoms. The molecule has 0 radical (unpaired) electrons. The molecule has 1 amide bonds. The van der Waals surface area contributed by atoms with Crippen molar-refractivity contribution >= 4 is 11.6 Å². The molecular weight excluding hydrogens is 357 g/mol. The zero-order valence-electron chi connectivity index (χ0n) is 14.9. The van der Waals surface area contributed by atoms with Gasteiger partial charge in [-0.25, -0.2) is 0 Å². The number of hydrogen-bond acceptors (Lipinski definition) is 4.